The molecule has 0 amide bonds. The van der Waals surface area contributed by atoms with Gasteiger partial charge in [-0.05, 0) is 85.3 Å². The van der Waals surface area contributed by atoms with Crippen molar-refractivity contribution in [3.8, 4) is 0 Å². The van der Waals surface area contributed by atoms with Crippen molar-refractivity contribution in [2.75, 3.05) is 0 Å². The molecule has 0 fully saturated rings. The standard InChI is InChI=1S/C26H26N4/c1-17-9-23-25(11-19(17)3)29(15-27-23)13-21-5-7-22(8-6-21)14-30-16-28-24-10-18(2)20(4)12-26(24)30/h5-12,15-16H,13-14H2,1-4H3. The molecule has 30 heavy (non-hydrogen) atoms. The van der Waals surface area contributed by atoms with Gasteiger partial charge >= 0.3 is 0 Å². The third-order valence-corrected chi connectivity index (χ3v) is 6.20. The maximum atomic E-state index is 4.58. The summed E-state index contributed by atoms with van der Waals surface area (Å²) in [4.78, 5) is 9.16. The Labute approximate surface area is 176 Å². The monoisotopic (exact) mass is 394 g/mol. The number of hydrogen-bond acceptors (Lipinski definition) is 2. The lowest BCUT2D eigenvalue weighted by Gasteiger charge is -2.09. The molecule has 0 bridgehead atoms. The van der Waals surface area contributed by atoms with Crippen LogP contribution in [-0.4, -0.2) is 19.1 Å². The van der Waals surface area contributed by atoms with Crippen molar-refractivity contribution in [1.29, 1.82) is 0 Å². The number of aryl methyl sites for hydroxylation is 4. The summed E-state index contributed by atoms with van der Waals surface area (Å²) in [6.07, 6.45) is 3.89. The van der Waals surface area contributed by atoms with E-state index in [-0.39, 0.29) is 0 Å². The van der Waals surface area contributed by atoms with E-state index in [1.807, 2.05) is 12.7 Å². The Morgan fingerprint density at radius 2 is 0.933 bits per heavy atom. The molecule has 4 heteroatoms. The van der Waals surface area contributed by atoms with Crippen molar-refractivity contribution < 1.29 is 0 Å². The first-order valence-electron chi connectivity index (χ1n) is 10.4. The molecule has 5 aromatic rings. The van der Waals surface area contributed by atoms with E-state index in [1.54, 1.807) is 0 Å². The van der Waals surface area contributed by atoms with E-state index in [2.05, 4.69) is 95.3 Å². The summed E-state index contributed by atoms with van der Waals surface area (Å²) < 4.78 is 4.45. The molecule has 0 radical (unpaired) electrons. The zero-order valence-electron chi connectivity index (χ0n) is 18.0. The molecule has 0 saturated heterocycles. The van der Waals surface area contributed by atoms with Crippen LogP contribution in [0.15, 0.2) is 61.2 Å². The highest BCUT2D eigenvalue weighted by Gasteiger charge is 2.08. The quantitative estimate of drug-likeness (QED) is 0.391. The van der Waals surface area contributed by atoms with Crippen molar-refractivity contribution in [1.82, 2.24) is 19.1 Å². The van der Waals surface area contributed by atoms with Gasteiger partial charge in [0.05, 0.1) is 34.7 Å². The molecule has 3 aromatic carbocycles. The third kappa shape index (κ3) is 3.28. The van der Waals surface area contributed by atoms with Gasteiger partial charge in [-0.2, -0.15) is 0 Å². The first-order valence-corrected chi connectivity index (χ1v) is 10.4. The molecule has 0 aliphatic heterocycles. The number of nitrogens with zero attached hydrogens (tertiary/aromatic N) is 4. The SMILES string of the molecule is Cc1cc2ncn(Cc3ccc(Cn4cnc5cc(C)c(C)cc54)cc3)c2cc1C. The van der Waals surface area contributed by atoms with Gasteiger partial charge in [0.2, 0.25) is 0 Å². The number of aromatic nitrogens is 4. The van der Waals surface area contributed by atoms with E-state index in [9.17, 15) is 0 Å². The number of hydrogen-bond donors (Lipinski definition) is 0. The summed E-state index contributed by atoms with van der Waals surface area (Å²) in [5.41, 5.74) is 12.2. The number of rotatable bonds is 4. The fourth-order valence-electron chi connectivity index (χ4n) is 4.02. The molecule has 0 spiro atoms. The molecule has 0 aliphatic rings. The van der Waals surface area contributed by atoms with Gasteiger partial charge in [-0.15, -0.1) is 0 Å². The Bertz CT molecular complexity index is 1260. The summed E-state index contributed by atoms with van der Waals surface area (Å²) in [5.74, 6) is 0. The Hall–Kier alpha value is -3.40. The van der Waals surface area contributed by atoms with Gasteiger partial charge in [0.15, 0.2) is 0 Å². The van der Waals surface area contributed by atoms with Crippen molar-refractivity contribution in [2.45, 2.75) is 40.8 Å². The molecule has 150 valence electrons. The molecule has 0 aliphatic carbocycles. The van der Waals surface area contributed by atoms with E-state index >= 15 is 0 Å². The predicted molar refractivity (Wildman–Crippen MR) is 123 cm³/mol. The Kier molecular flexibility index (Phi) is 4.43. The second kappa shape index (κ2) is 7.13. The molecule has 5 rings (SSSR count). The van der Waals surface area contributed by atoms with E-state index < -0.39 is 0 Å². The first kappa shape index (κ1) is 18.6. The number of benzene rings is 3. The molecule has 0 saturated carbocycles. The first-order chi connectivity index (χ1) is 14.5. The smallest absolute Gasteiger partial charge is 0.0961 e. The minimum absolute atomic E-state index is 0.825. The topological polar surface area (TPSA) is 35.6 Å². The van der Waals surface area contributed by atoms with Crippen LogP contribution in [0, 0.1) is 27.7 Å². The summed E-state index contributed by atoms with van der Waals surface area (Å²) in [6.45, 7) is 10.2. The van der Waals surface area contributed by atoms with Crippen LogP contribution >= 0.6 is 0 Å². The van der Waals surface area contributed by atoms with Gasteiger partial charge in [0.1, 0.15) is 0 Å². The van der Waals surface area contributed by atoms with E-state index in [1.165, 1.54) is 44.4 Å². The maximum absolute atomic E-state index is 4.58. The summed E-state index contributed by atoms with van der Waals surface area (Å²) in [5, 5.41) is 0. The molecule has 4 nitrogen and oxygen atoms in total. The van der Waals surface area contributed by atoms with Crippen LogP contribution in [0.3, 0.4) is 0 Å². The minimum Gasteiger partial charge on any atom is -0.326 e. The lowest BCUT2D eigenvalue weighted by Crippen LogP contribution is -2.01. The highest BCUT2D eigenvalue weighted by molar-refractivity contribution is 5.78. The Morgan fingerprint density at radius 1 is 0.567 bits per heavy atom. The normalized spacial score (nSPS) is 11.6. The highest BCUT2D eigenvalue weighted by atomic mass is 15.0. The molecule has 0 N–H and O–H groups in total. The summed E-state index contributed by atoms with van der Waals surface area (Å²) in [6, 6.07) is 17.7. The third-order valence-electron chi connectivity index (χ3n) is 6.20. The number of imidazole rings is 2. The van der Waals surface area contributed by atoms with E-state index in [4.69, 9.17) is 0 Å². The van der Waals surface area contributed by atoms with E-state index in [0.717, 1.165) is 24.1 Å². The van der Waals surface area contributed by atoms with Crippen molar-refractivity contribution >= 4 is 22.1 Å². The zero-order valence-corrected chi connectivity index (χ0v) is 18.0. The fourth-order valence-corrected chi connectivity index (χ4v) is 4.02. The van der Waals surface area contributed by atoms with Gasteiger partial charge < -0.3 is 9.13 Å². The molecule has 2 aromatic heterocycles. The lowest BCUT2D eigenvalue weighted by atomic mass is 10.1. The van der Waals surface area contributed by atoms with Crippen LogP contribution in [0.25, 0.3) is 22.1 Å². The van der Waals surface area contributed by atoms with Gasteiger partial charge in [-0.3, -0.25) is 0 Å². The van der Waals surface area contributed by atoms with Crippen molar-refractivity contribution in [3.05, 3.63) is 94.6 Å². The van der Waals surface area contributed by atoms with Gasteiger partial charge in [-0.1, -0.05) is 24.3 Å². The minimum atomic E-state index is 0.825. The van der Waals surface area contributed by atoms with Crippen molar-refractivity contribution in [3.63, 3.8) is 0 Å². The summed E-state index contributed by atoms with van der Waals surface area (Å²) >= 11 is 0. The predicted octanol–water partition coefficient (Wildman–Crippen LogP) is 5.72. The van der Waals surface area contributed by atoms with Gasteiger partial charge in [-0.25, -0.2) is 9.97 Å². The molecular formula is C26H26N4. The van der Waals surface area contributed by atoms with Gasteiger partial charge in [0, 0.05) is 13.1 Å². The Morgan fingerprint density at radius 3 is 1.33 bits per heavy atom. The zero-order chi connectivity index (χ0) is 20.8. The van der Waals surface area contributed by atoms with Crippen LogP contribution in [0.5, 0.6) is 0 Å². The fraction of sp³-hybridized carbons (Fsp3) is 0.231. The second-order valence-corrected chi connectivity index (χ2v) is 8.41. The molecule has 0 unspecified atom stereocenters. The maximum Gasteiger partial charge on any atom is 0.0961 e. The van der Waals surface area contributed by atoms with Crippen LogP contribution in [0.1, 0.15) is 33.4 Å². The molecule has 0 atom stereocenters. The van der Waals surface area contributed by atoms with Crippen molar-refractivity contribution in [2.24, 2.45) is 0 Å². The van der Waals surface area contributed by atoms with Gasteiger partial charge in [0.25, 0.3) is 0 Å². The van der Waals surface area contributed by atoms with Crippen LogP contribution in [0.4, 0.5) is 0 Å². The second-order valence-electron chi connectivity index (χ2n) is 8.41. The van der Waals surface area contributed by atoms with E-state index in [0.29, 0.717) is 0 Å². The van der Waals surface area contributed by atoms with Crippen LogP contribution < -0.4 is 0 Å². The molecular weight excluding hydrogens is 368 g/mol. The average molecular weight is 395 g/mol. The van der Waals surface area contributed by atoms with Crippen LogP contribution in [-0.2, 0) is 13.1 Å². The number of fused-ring (bicyclic) bond motifs is 2. The Balaban J connectivity index is 1.38. The largest absolute Gasteiger partial charge is 0.326 e. The highest BCUT2D eigenvalue weighted by Crippen LogP contribution is 2.21. The molecule has 2 heterocycles. The lowest BCUT2D eigenvalue weighted by molar-refractivity contribution is 0.810. The van der Waals surface area contributed by atoms with Crippen LogP contribution in [0.2, 0.25) is 0 Å². The summed E-state index contributed by atoms with van der Waals surface area (Å²) in [7, 11) is 0. The average Bonchev–Trinajstić information content (AvgIpc) is 3.28.